The molecule has 2 heterocycles. The quantitative estimate of drug-likeness (QED) is 0.689. The molecule has 5 atom stereocenters. The number of aromatic amines is 1. The Morgan fingerprint density at radius 1 is 1.44 bits per heavy atom. The van der Waals surface area contributed by atoms with Crippen LogP contribution in [-0.4, -0.2) is 26.7 Å². The zero-order valence-electron chi connectivity index (χ0n) is 15.0. The van der Waals surface area contributed by atoms with Crippen molar-refractivity contribution in [3.8, 4) is 0 Å². The summed E-state index contributed by atoms with van der Waals surface area (Å²) in [5.41, 5.74) is 8.74. The predicted octanol–water partition coefficient (Wildman–Crippen LogP) is 3.48. The average molecular weight is 340 g/mol. The standard InChI is InChI=1S/C20H28N4O/c1-11-6-13-7-14(9-20(3,25)8-13)17(11)24-18-15-4-5-22-19(15)23-10-16(18)12(2)21/h4-5,10-11,13-14,17,25H,2,6-9,21H2,1,3H3,(H2,22,23,24). The number of rotatable bonds is 3. The molecular weight excluding hydrogens is 312 g/mol. The van der Waals surface area contributed by atoms with Gasteiger partial charge in [-0.05, 0) is 56.4 Å². The summed E-state index contributed by atoms with van der Waals surface area (Å²) in [6, 6.07) is 2.35. The van der Waals surface area contributed by atoms with Crippen molar-refractivity contribution in [1.29, 1.82) is 0 Å². The van der Waals surface area contributed by atoms with Crippen LogP contribution in [0.3, 0.4) is 0 Å². The molecule has 2 saturated carbocycles. The molecule has 5 N–H and O–H groups in total. The highest BCUT2D eigenvalue weighted by molar-refractivity contribution is 5.95. The van der Waals surface area contributed by atoms with Gasteiger partial charge in [-0.15, -0.1) is 0 Å². The smallest absolute Gasteiger partial charge is 0.139 e. The van der Waals surface area contributed by atoms with Crippen molar-refractivity contribution in [3.05, 3.63) is 30.6 Å². The monoisotopic (exact) mass is 340 g/mol. The maximum atomic E-state index is 10.7. The number of anilines is 1. The van der Waals surface area contributed by atoms with Crippen molar-refractivity contribution >= 4 is 22.4 Å². The van der Waals surface area contributed by atoms with Crippen LogP contribution in [0.15, 0.2) is 25.0 Å². The Labute approximate surface area is 148 Å². The van der Waals surface area contributed by atoms with Gasteiger partial charge in [-0.2, -0.15) is 0 Å². The van der Waals surface area contributed by atoms with E-state index in [1.54, 1.807) is 6.20 Å². The number of hydrogen-bond donors (Lipinski definition) is 4. The van der Waals surface area contributed by atoms with E-state index in [0.717, 1.165) is 41.5 Å². The maximum Gasteiger partial charge on any atom is 0.139 e. The van der Waals surface area contributed by atoms with Gasteiger partial charge in [-0.25, -0.2) is 4.98 Å². The number of nitrogens with zero attached hydrogens (tertiary/aromatic N) is 1. The first-order chi connectivity index (χ1) is 11.8. The first-order valence-corrected chi connectivity index (χ1v) is 9.24. The first-order valence-electron chi connectivity index (χ1n) is 9.24. The molecule has 2 bridgehead atoms. The van der Waals surface area contributed by atoms with E-state index in [1.807, 2.05) is 19.2 Å². The van der Waals surface area contributed by atoms with E-state index in [4.69, 9.17) is 5.73 Å². The van der Waals surface area contributed by atoms with Crippen molar-refractivity contribution in [3.63, 3.8) is 0 Å². The SMILES string of the molecule is C=C(N)c1cnc2[nH]ccc2c1NC1C(C)CC2CC1CC(C)(O)C2. The van der Waals surface area contributed by atoms with Crippen LogP contribution < -0.4 is 11.1 Å². The minimum atomic E-state index is -0.546. The van der Waals surface area contributed by atoms with Crippen molar-refractivity contribution in [1.82, 2.24) is 9.97 Å². The molecule has 0 amide bonds. The zero-order chi connectivity index (χ0) is 17.8. The number of pyridine rings is 1. The fourth-order valence-corrected chi connectivity index (χ4v) is 5.29. The highest BCUT2D eigenvalue weighted by Crippen LogP contribution is 2.47. The molecule has 4 rings (SSSR count). The van der Waals surface area contributed by atoms with Gasteiger partial charge in [0.05, 0.1) is 11.3 Å². The molecular formula is C20H28N4O. The minimum absolute atomic E-state index is 0.321. The van der Waals surface area contributed by atoms with Crippen LogP contribution in [0.5, 0.6) is 0 Å². The van der Waals surface area contributed by atoms with E-state index in [-0.39, 0.29) is 0 Å². The Morgan fingerprint density at radius 3 is 3.00 bits per heavy atom. The van der Waals surface area contributed by atoms with E-state index in [1.165, 1.54) is 6.42 Å². The fourth-order valence-electron chi connectivity index (χ4n) is 5.29. The first kappa shape index (κ1) is 16.5. The van der Waals surface area contributed by atoms with Crippen molar-refractivity contribution in [2.24, 2.45) is 23.5 Å². The topological polar surface area (TPSA) is 87.0 Å². The number of nitrogens with one attached hydrogen (secondary N) is 2. The lowest BCUT2D eigenvalue weighted by Crippen LogP contribution is -2.50. The van der Waals surface area contributed by atoms with E-state index in [9.17, 15) is 5.11 Å². The summed E-state index contributed by atoms with van der Waals surface area (Å²) < 4.78 is 0. The molecule has 0 spiro atoms. The summed E-state index contributed by atoms with van der Waals surface area (Å²) in [5.74, 6) is 1.66. The van der Waals surface area contributed by atoms with Gasteiger partial charge in [0.25, 0.3) is 0 Å². The number of fused-ring (bicyclic) bond motifs is 3. The van der Waals surface area contributed by atoms with Crippen molar-refractivity contribution < 1.29 is 5.11 Å². The third-order valence-corrected chi connectivity index (χ3v) is 6.14. The van der Waals surface area contributed by atoms with Crippen LogP contribution in [-0.2, 0) is 0 Å². The van der Waals surface area contributed by atoms with E-state index >= 15 is 0 Å². The molecule has 2 aliphatic carbocycles. The van der Waals surface area contributed by atoms with Gasteiger partial charge in [0.15, 0.2) is 0 Å². The van der Waals surface area contributed by atoms with Crippen molar-refractivity contribution in [2.75, 3.05) is 5.32 Å². The van der Waals surface area contributed by atoms with Gasteiger partial charge < -0.3 is 21.1 Å². The van der Waals surface area contributed by atoms with E-state index < -0.39 is 5.60 Å². The van der Waals surface area contributed by atoms with Crippen LogP contribution in [0.4, 0.5) is 5.69 Å². The van der Waals surface area contributed by atoms with Gasteiger partial charge in [-0.3, -0.25) is 0 Å². The molecule has 5 heteroatoms. The Balaban J connectivity index is 1.71. The zero-order valence-corrected chi connectivity index (χ0v) is 15.0. The molecule has 25 heavy (non-hydrogen) atoms. The highest BCUT2D eigenvalue weighted by Gasteiger charge is 2.45. The molecule has 134 valence electrons. The molecule has 0 aliphatic heterocycles. The minimum Gasteiger partial charge on any atom is -0.399 e. The van der Waals surface area contributed by atoms with Crippen LogP contribution in [0.25, 0.3) is 16.7 Å². The summed E-state index contributed by atoms with van der Waals surface area (Å²) in [4.78, 5) is 7.61. The lowest BCUT2D eigenvalue weighted by molar-refractivity contribution is -0.0501. The second kappa shape index (κ2) is 5.77. The maximum absolute atomic E-state index is 10.7. The molecule has 0 aromatic carbocycles. The Hall–Kier alpha value is -2.01. The van der Waals surface area contributed by atoms with Crippen LogP contribution in [0, 0.1) is 17.8 Å². The lowest BCUT2D eigenvalue weighted by atomic mass is 9.61. The van der Waals surface area contributed by atoms with Gasteiger partial charge >= 0.3 is 0 Å². The largest absolute Gasteiger partial charge is 0.399 e. The average Bonchev–Trinajstić information content (AvgIpc) is 2.97. The van der Waals surface area contributed by atoms with Gasteiger partial charge in [-0.1, -0.05) is 13.5 Å². The third-order valence-electron chi connectivity index (χ3n) is 6.14. The molecule has 5 nitrogen and oxygen atoms in total. The van der Waals surface area contributed by atoms with E-state index in [2.05, 4.69) is 28.8 Å². The summed E-state index contributed by atoms with van der Waals surface area (Å²) in [7, 11) is 0. The molecule has 2 fully saturated rings. The Kier molecular flexibility index (Phi) is 3.80. The Bertz CT molecular complexity index is 807. The highest BCUT2D eigenvalue weighted by atomic mass is 16.3. The molecule has 2 aromatic heterocycles. The number of aliphatic hydroxyl groups is 1. The van der Waals surface area contributed by atoms with Gasteiger partial charge in [0, 0.05) is 35.1 Å². The fraction of sp³-hybridized carbons (Fsp3) is 0.550. The number of hydrogen-bond acceptors (Lipinski definition) is 4. The summed E-state index contributed by atoms with van der Waals surface area (Å²) in [5, 5.41) is 15.5. The van der Waals surface area contributed by atoms with Crippen LogP contribution in [0.2, 0.25) is 0 Å². The van der Waals surface area contributed by atoms with Crippen molar-refractivity contribution in [2.45, 2.75) is 51.2 Å². The number of aromatic nitrogens is 2. The molecule has 2 aromatic rings. The van der Waals surface area contributed by atoms with Gasteiger partial charge in [0.2, 0.25) is 0 Å². The Morgan fingerprint density at radius 2 is 2.24 bits per heavy atom. The number of H-pyrrole nitrogens is 1. The normalized spacial score (nSPS) is 34.8. The molecule has 0 saturated heterocycles. The summed E-state index contributed by atoms with van der Waals surface area (Å²) >= 11 is 0. The van der Waals surface area contributed by atoms with E-state index in [0.29, 0.717) is 29.5 Å². The second-order valence-electron chi connectivity index (χ2n) is 8.46. The van der Waals surface area contributed by atoms with Crippen LogP contribution in [0.1, 0.15) is 45.1 Å². The summed E-state index contributed by atoms with van der Waals surface area (Å²) in [6.07, 6.45) is 7.83. The third kappa shape index (κ3) is 2.91. The molecule has 5 unspecified atom stereocenters. The molecule has 2 aliphatic rings. The lowest BCUT2D eigenvalue weighted by Gasteiger charge is -2.49. The van der Waals surface area contributed by atoms with Crippen LogP contribution >= 0.6 is 0 Å². The predicted molar refractivity (Wildman–Crippen MR) is 102 cm³/mol. The van der Waals surface area contributed by atoms with Gasteiger partial charge in [0.1, 0.15) is 5.65 Å². The summed E-state index contributed by atoms with van der Waals surface area (Å²) in [6.45, 7) is 8.23. The second-order valence-corrected chi connectivity index (χ2v) is 8.46. The molecule has 0 radical (unpaired) electrons. The number of nitrogens with two attached hydrogens (primary N) is 1.